The zero-order valence-electron chi connectivity index (χ0n) is 13.7. The number of sulfonamides is 1. The maximum atomic E-state index is 13.3. The fourth-order valence-electron chi connectivity index (χ4n) is 4.21. The van der Waals surface area contributed by atoms with Crippen molar-refractivity contribution in [1.29, 1.82) is 0 Å². The van der Waals surface area contributed by atoms with E-state index in [4.69, 9.17) is 0 Å². The van der Waals surface area contributed by atoms with E-state index >= 15 is 0 Å². The van der Waals surface area contributed by atoms with Crippen molar-refractivity contribution in [1.82, 2.24) is 14.1 Å². The molecule has 23 heavy (non-hydrogen) atoms. The number of nitrogens with zero attached hydrogens (tertiary/aromatic N) is 3. The van der Waals surface area contributed by atoms with Crippen LogP contribution in [-0.2, 0) is 21.9 Å². The lowest BCUT2D eigenvalue weighted by Crippen LogP contribution is -2.46. The van der Waals surface area contributed by atoms with E-state index in [9.17, 15) is 18.3 Å². The molecule has 0 bridgehead atoms. The average molecular weight is 341 g/mol. The Morgan fingerprint density at radius 1 is 1.26 bits per heavy atom. The molecule has 8 heteroatoms. The van der Waals surface area contributed by atoms with E-state index < -0.39 is 22.0 Å². The van der Waals surface area contributed by atoms with Crippen LogP contribution in [0, 0.1) is 19.8 Å². The summed E-state index contributed by atoms with van der Waals surface area (Å²) >= 11 is 0. The molecule has 128 valence electrons. The zero-order valence-corrected chi connectivity index (χ0v) is 14.5. The number of aromatic nitrogens is 2. The Hall–Kier alpha value is -1.41. The van der Waals surface area contributed by atoms with Crippen LogP contribution in [0.1, 0.15) is 43.5 Å². The SMILES string of the molecule is Cc1nn(C)c(C)c1S(=O)(=O)N1C(C(=O)O)CC2CCCCC21. The van der Waals surface area contributed by atoms with E-state index in [-0.39, 0.29) is 16.9 Å². The van der Waals surface area contributed by atoms with Crippen LogP contribution in [0.25, 0.3) is 0 Å². The highest BCUT2D eigenvalue weighted by Crippen LogP contribution is 2.43. The predicted octanol–water partition coefficient (Wildman–Crippen LogP) is 1.44. The van der Waals surface area contributed by atoms with E-state index in [0.29, 0.717) is 17.8 Å². The lowest BCUT2D eigenvalue weighted by molar-refractivity contribution is -0.141. The van der Waals surface area contributed by atoms with Gasteiger partial charge in [0.1, 0.15) is 10.9 Å². The number of carboxylic acid groups (broad SMARTS) is 1. The van der Waals surface area contributed by atoms with Gasteiger partial charge in [-0.05, 0) is 39.0 Å². The second-order valence-electron chi connectivity index (χ2n) is 6.66. The molecule has 3 unspecified atom stereocenters. The first-order valence-corrected chi connectivity index (χ1v) is 9.45. The summed E-state index contributed by atoms with van der Waals surface area (Å²) in [5.74, 6) is -0.904. The molecule has 1 saturated heterocycles. The van der Waals surface area contributed by atoms with Gasteiger partial charge in [-0.1, -0.05) is 12.8 Å². The zero-order chi connectivity index (χ0) is 16.9. The first-order valence-electron chi connectivity index (χ1n) is 8.01. The van der Waals surface area contributed by atoms with Crippen LogP contribution in [0.3, 0.4) is 0 Å². The standard InChI is InChI=1S/C15H23N3O4S/c1-9-14(10(2)17(3)16-9)23(21,22)18-12-7-5-4-6-11(12)8-13(18)15(19)20/h11-13H,4-8H2,1-3H3,(H,19,20). The van der Waals surface area contributed by atoms with Crippen molar-refractivity contribution in [3.8, 4) is 0 Å². The minimum absolute atomic E-state index is 0.150. The van der Waals surface area contributed by atoms with Crippen molar-refractivity contribution in [2.24, 2.45) is 13.0 Å². The first-order chi connectivity index (χ1) is 10.7. The third kappa shape index (κ3) is 2.48. The number of aryl methyl sites for hydroxylation is 2. The van der Waals surface area contributed by atoms with Crippen LogP contribution in [0.15, 0.2) is 4.90 Å². The van der Waals surface area contributed by atoms with Gasteiger partial charge in [-0.3, -0.25) is 9.48 Å². The van der Waals surface area contributed by atoms with Gasteiger partial charge in [-0.2, -0.15) is 9.40 Å². The third-order valence-electron chi connectivity index (χ3n) is 5.29. The highest BCUT2D eigenvalue weighted by Gasteiger charge is 2.52. The van der Waals surface area contributed by atoms with Crippen LogP contribution in [-0.4, -0.2) is 45.7 Å². The van der Waals surface area contributed by atoms with Crippen molar-refractivity contribution in [3.05, 3.63) is 11.4 Å². The number of hydrogen-bond donors (Lipinski definition) is 1. The first kappa shape index (κ1) is 16.4. The van der Waals surface area contributed by atoms with Crippen LogP contribution in [0.2, 0.25) is 0 Å². The molecule has 0 spiro atoms. The van der Waals surface area contributed by atoms with Crippen molar-refractivity contribution in [3.63, 3.8) is 0 Å². The molecule has 2 heterocycles. The van der Waals surface area contributed by atoms with Crippen LogP contribution in [0.4, 0.5) is 0 Å². The topological polar surface area (TPSA) is 92.5 Å². The summed E-state index contributed by atoms with van der Waals surface area (Å²) in [4.78, 5) is 11.8. The Morgan fingerprint density at radius 2 is 1.91 bits per heavy atom. The van der Waals surface area contributed by atoms with E-state index in [2.05, 4.69) is 5.10 Å². The normalized spacial score (nSPS) is 28.7. The molecule has 3 rings (SSSR count). The van der Waals surface area contributed by atoms with Gasteiger partial charge in [0.05, 0.1) is 11.4 Å². The molecule has 3 atom stereocenters. The van der Waals surface area contributed by atoms with Crippen LogP contribution in [0.5, 0.6) is 0 Å². The van der Waals surface area contributed by atoms with E-state index in [1.807, 2.05) is 0 Å². The lowest BCUT2D eigenvalue weighted by atomic mass is 9.85. The molecule has 2 aliphatic rings. The molecule has 0 aromatic carbocycles. The summed E-state index contributed by atoms with van der Waals surface area (Å²) in [7, 11) is -2.18. The average Bonchev–Trinajstić information content (AvgIpc) is 2.98. The highest BCUT2D eigenvalue weighted by molar-refractivity contribution is 7.89. The molecule has 0 amide bonds. The lowest BCUT2D eigenvalue weighted by Gasteiger charge is -2.32. The fraction of sp³-hybridized carbons (Fsp3) is 0.733. The van der Waals surface area contributed by atoms with Gasteiger partial charge in [-0.15, -0.1) is 0 Å². The maximum Gasteiger partial charge on any atom is 0.322 e. The molecule has 7 nitrogen and oxygen atoms in total. The van der Waals surface area contributed by atoms with Gasteiger partial charge in [-0.25, -0.2) is 8.42 Å². The van der Waals surface area contributed by atoms with Gasteiger partial charge in [0, 0.05) is 13.1 Å². The van der Waals surface area contributed by atoms with E-state index in [0.717, 1.165) is 25.7 Å². The van der Waals surface area contributed by atoms with Gasteiger partial charge in [0.2, 0.25) is 10.0 Å². The number of fused-ring (bicyclic) bond motifs is 1. The summed E-state index contributed by atoms with van der Waals surface area (Å²) in [6, 6.07) is -1.17. The van der Waals surface area contributed by atoms with E-state index in [1.165, 1.54) is 8.99 Å². The minimum atomic E-state index is -3.87. The molecule has 1 aromatic rings. The summed E-state index contributed by atoms with van der Waals surface area (Å²) in [6.45, 7) is 3.36. The molecule has 0 radical (unpaired) electrons. The molecular weight excluding hydrogens is 318 g/mol. The van der Waals surface area contributed by atoms with Crippen LogP contribution < -0.4 is 0 Å². The Morgan fingerprint density at radius 3 is 2.48 bits per heavy atom. The summed E-state index contributed by atoms with van der Waals surface area (Å²) in [6.07, 6.45) is 4.06. The smallest absolute Gasteiger partial charge is 0.322 e. The second-order valence-corrected chi connectivity index (χ2v) is 8.44. The molecular formula is C15H23N3O4S. The number of aliphatic carboxylic acids is 1. The summed E-state index contributed by atoms with van der Waals surface area (Å²) in [5, 5.41) is 13.7. The molecule has 1 aliphatic heterocycles. The van der Waals surface area contributed by atoms with Gasteiger partial charge < -0.3 is 5.11 Å². The van der Waals surface area contributed by atoms with Crippen molar-refractivity contribution < 1.29 is 18.3 Å². The Bertz CT molecular complexity index is 740. The van der Waals surface area contributed by atoms with E-state index in [1.54, 1.807) is 20.9 Å². The number of rotatable bonds is 3. The highest BCUT2D eigenvalue weighted by atomic mass is 32.2. The molecule has 1 saturated carbocycles. The Labute approximate surface area is 136 Å². The minimum Gasteiger partial charge on any atom is -0.480 e. The van der Waals surface area contributed by atoms with Crippen LogP contribution >= 0.6 is 0 Å². The fourth-order valence-corrected chi connectivity index (χ4v) is 6.48. The van der Waals surface area contributed by atoms with Crippen molar-refractivity contribution >= 4 is 16.0 Å². The molecule has 1 aromatic heterocycles. The quantitative estimate of drug-likeness (QED) is 0.898. The Balaban J connectivity index is 2.10. The largest absolute Gasteiger partial charge is 0.480 e. The summed E-state index contributed by atoms with van der Waals surface area (Å²) < 4.78 is 29.3. The molecule has 1 N–H and O–H groups in total. The third-order valence-corrected chi connectivity index (χ3v) is 7.48. The molecule has 2 fully saturated rings. The number of hydrogen-bond acceptors (Lipinski definition) is 4. The molecule has 1 aliphatic carbocycles. The maximum absolute atomic E-state index is 13.3. The van der Waals surface area contributed by atoms with Gasteiger partial charge in [0.25, 0.3) is 0 Å². The Kier molecular flexibility index (Phi) is 4.00. The predicted molar refractivity (Wildman–Crippen MR) is 83.5 cm³/mol. The summed E-state index contributed by atoms with van der Waals surface area (Å²) in [5.41, 5.74) is 0.972. The van der Waals surface area contributed by atoms with Crippen molar-refractivity contribution in [2.45, 2.75) is 62.9 Å². The monoisotopic (exact) mass is 341 g/mol. The second kappa shape index (κ2) is 5.59. The number of carbonyl (C=O) groups is 1. The number of carboxylic acids is 1. The van der Waals surface area contributed by atoms with Gasteiger partial charge >= 0.3 is 5.97 Å². The van der Waals surface area contributed by atoms with Gasteiger partial charge in [0.15, 0.2) is 0 Å². The van der Waals surface area contributed by atoms with Crippen molar-refractivity contribution in [2.75, 3.05) is 0 Å².